The van der Waals surface area contributed by atoms with Gasteiger partial charge in [0.25, 0.3) is 0 Å². The van der Waals surface area contributed by atoms with E-state index in [1.165, 1.54) is 12.1 Å². The van der Waals surface area contributed by atoms with Crippen molar-refractivity contribution in [2.75, 3.05) is 13.2 Å². The van der Waals surface area contributed by atoms with Crippen LogP contribution in [0.15, 0.2) is 24.3 Å². The Bertz CT molecular complexity index is 442. The average Bonchev–Trinajstić information content (AvgIpc) is 2.88. The van der Waals surface area contributed by atoms with Gasteiger partial charge in [-0.3, -0.25) is 4.79 Å². The Labute approximate surface area is 118 Å². The van der Waals surface area contributed by atoms with E-state index in [0.717, 1.165) is 25.7 Å². The average molecular weight is 280 g/mol. The summed E-state index contributed by atoms with van der Waals surface area (Å²) < 4.78 is 18.1. The first kappa shape index (κ1) is 14.8. The number of amides is 1. The number of nitrogens with one attached hydrogen (secondary N) is 1. The molecule has 1 saturated carbocycles. The zero-order valence-corrected chi connectivity index (χ0v) is 11.5. The van der Waals surface area contributed by atoms with Gasteiger partial charge in [0.15, 0.2) is 0 Å². The summed E-state index contributed by atoms with van der Waals surface area (Å²) in [6.45, 7) is 1.02. The molecule has 0 bridgehead atoms. The number of nitrogens with two attached hydrogens (primary N) is 1. The minimum absolute atomic E-state index is 0.0585. The van der Waals surface area contributed by atoms with E-state index in [0.29, 0.717) is 25.3 Å². The molecule has 1 aliphatic rings. The van der Waals surface area contributed by atoms with Crippen molar-refractivity contribution in [2.24, 2.45) is 5.73 Å². The molecule has 3 N–H and O–H groups in total. The maximum atomic E-state index is 12.7. The Morgan fingerprint density at radius 1 is 1.30 bits per heavy atom. The SMILES string of the molecule is NC1(C(=O)NCCCOc2ccc(F)cc2)CCCC1. The highest BCUT2D eigenvalue weighted by molar-refractivity contribution is 5.86. The maximum absolute atomic E-state index is 12.7. The van der Waals surface area contributed by atoms with Crippen molar-refractivity contribution in [2.45, 2.75) is 37.6 Å². The smallest absolute Gasteiger partial charge is 0.240 e. The summed E-state index contributed by atoms with van der Waals surface area (Å²) in [7, 11) is 0. The number of hydrogen-bond acceptors (Lipinski definition) is 3. The van der Waals surface area contributed by atoms with Crippen LogP contribution in [-0.4, -0.2) is 24.6 Å². The number of carbonyl (C=O) groups is 1. The lowest BCUT2D eigenvalue weighted by atomic mass is 9.98. The van der Waals surface area contributed by atoms with Gasteiger partial charge in [0.1, 0.15) is 11.6 Å². The van der Waals surface area contributed by atoms with Crippen molar-refractivity contribution in [3.05, 3.63) is 30.1 Å². The standard InChI is InChI=1S/C15H21FN2O2/c16-12-4-6-13(7-5-12)20-11-3-10-18-14(19)15(17)8-1-2-9-15/h4-7H,1-3,8-11,17H2,(H,18,19). The normalized spacial score (nSPS) is 16.9. The Kier molecular flexibility index (Phi) is 4.95. The first-order chi connectivity index (χ1) is 9.60. The van der Waals surface area contributed by atoms with Crippen molar-refractivity contribution < 1.29 is 13.9 Å². The van der Waals surface area contributed by atoms with E-state index in [2.05, 4.69) is 5.32 Å². The second-order valence-electron chi connectivity index (χ2n) is 5.28. The highest BCUT2D eigenvalue weighted by Crippen LogP contribution is 2.27. The summed E-state index contributed by atoms with van der Waals surface area (Å²) in [5, 5.41) is 2.86. The van der Waals surface area contributed by atoms with Gasteiger partial charge in [-0.25, -0.2) is 4.39 Å². The molecule has 0 unspecified atom stereocenters. The largest absolute Gasteiger partial charge is 0.494 e. The molecule has 4 nitrogen and oxygen atoms in total. The lowest BCUT2D eigenvalue weighted by Crippen LogP contribution is -2.52. The molecule has 0 saturated heterocycles. The molecule has 1 aliphatic carbocycles. The lowest BCUT2D eigenvalue weighted by Gasteiger charge is -2.22. The van der Waals surface area contributed by atoms with E-state index >= 15 is 0 Å². The fraction of sp³-hybridized carbons (Fsp3) is 0.533. The summed E-state index contributed by atoms with van der Waals surface area (Å²) in [6, 6.07) is 5.88. The van der Waals surface area contributed by atoms with Crippen LogP contribution in [0, 0.1) is 5.82 Å². The van der Waals surface area contributed by atoms with Gasteiger partial charge in [0, 0.05) is 6.54 Å². The Morgan fingerprint density at radius 3 is 2.60 bits per heavy atom. The van der Waals surface area contributed by atoms with Crippen molar-refractivity contribution in [1.82, 2.24) is 5.32 Å². The van der Waals surface area contributed by atoms with Crippen LogP contribution in [0.2, 0.25) is 0 Å². The highest BCUT2D eigenvalue weighted by atomic mass is 19.1. The third-order valence-electron chi connectivity index (χ3n) is 3.64. The molecule has 0 heterocycles. The summed E-state index contributed by atoms with van der Waals surface area (Å²) in [5.41, 5.74) is 5.37. The molecule has 1 fully saturated rings. The Morgan fingerprint density at radius 2 is 1.95 bits per heavy atom. The lowest BCUT2D eigenvalue weighted by molar-refractivity contribution is -0.126. The van der Waals surface area contributed by atoms with Crippen LogP contribution in [0.25, 0.3) is 0 Å². The monoisotopic (exact) mass is 280 g/mol. The molecular weight excluding hydrogens is 259 g/mol. The van der Waals surface area contributed by atoms with Crippen LogP contribution in [-0.2, 0) is 4.79 Å². The van der Waals surface area contributed by atoms with Gasteiger partial charge in [0.05, 0.1) is 12.1 Å². The number of halogens is 1. The van der Waals surface area contributed by atoms with E-state index in [9.17, 15) is 9.18 Å². The molecule has 0 aromatic heterocycles. The van der Waals surface area contributed by atoms with Crippen LogP contribution >= 0.6 is 0 Å². The number of rotatable bonds is 6. The molecule has 20 heavy (non-hydrogen) atoms. The molecule has 0 radical (unpaired) electrons. The number of ether oxygens (including phenoxy) is 1. The van der Waals surface area contributed by atoms with E-state index in [1.807, 2.05) is 0 Å². The van der Waals surface area contributed by atoms with Crippen molar-refractivity contribution in [3.8, 4) is 5.75 Å². The van der Waals surface area contributed by atoms with Crippen LogP contribution in [0.1, 0.15) is 32.1 Å². The molecule has 0 atom stereocenters. The summed E-state index contributed by atoms with van der Waals surface area (Å²) in [5.74, 6) is 0.287. The maximum Gasteiger partial charge on any atom is 0.240 e. The predicted octanol–water partition coefficient (Wildman–Crippen LogP) is 1.98. The van der Waals surface area contributed by atoms with Gasteiger partial charge >= 0.3 is 0 Å². The number of benzene rings is 1. The fourth-order valence-electron chi connectivity index (χ4n) is 2.40. The van der Waals surface area contributed by atoms with E-state index in [4.69, 9.17) is 10.5 Å². The molecule has 1 aromatic rings. The summed E-state index contributed by atoms with van der Waals surface area (Å²) >= 11 is 0. The van der Waals surface area contributed by atoms with Gasteiger partial charge in [-0.15, -0.1) is 0 Å². The van der Waals surface area contributed by atoms with Gasteiger partial charge < -0.3 is 15.8 Å². The van der Waals surface area contributed by atoms with Crippen molar-refractivity contribution in [3.63, 3.8) is 0 Å². The second-order valence-corrected chi connectivity index (χ2v) is 5.28. The topological polar surface area (TPSA) is 64.4 Å². The van der Waals surface area contributed by atoms with Crippen molar-refractivity contribution >= 4 is 5.91 Å². The molecule has 110 valence electrons. The molecule has 0 aliphatic heterocycles. The molecule has 5 heteroatoms. The Hall–Kier alpha value is -1.62. The molecule has 0 spiro atoms. The van der Waals surface area contributed by atoms with Crippen molar-refractivity contribution in [1.29, 1.82) is 0 Å². The second kappa shape index (κ2) is 6.70. The van der Waals surface area contributed by atoms with E-state index < -0.39 is 5.54 Å². The zero-order valence-electron chi connectivity index (χ0n) is 11.5. The summed E-state index contributed by atoms with van der Waals surface area (Å²) in [4.78, 5) is 11.9. The van der Waals surface area contributed by atoms with Crippen LogP contribution in [0.3, 0.4) is 0 Å². The molecular formula is C15H21FN2O2. The molecule has 2 rings (SSSR count). The summed E-state index contributed by atoms with van der Waals surface area (Å²) in [6.07, 6.45) is 4.28. The minimum atomic E-state index is -0.669. The zero-order chi connectivity index (χ0) is 14.4. The quantitative estimate of drug-likeness (QED) is 0.783. The van der Waals surface area contributed by atoms with Gasteiger partial charge in [-0.1, -0.05) is 12.8 Å². The first-order valence-electron chi connectivity index (χ1n) is 7.06. The van der Waals surface area contributed by atoms with Gasteiger partial charge in [-0.05, 0) is 43.5 Å². The fourth-order valence-corrected chi connectivity index (χ4v) is 2.40. The van der Waals surface area contributed by atoms with Crippen LogP contribution < -0.4 is 15.8 Å². The molecule has 1 aromatic carbocycles. The van der Waals surface area contributed by atoms with Gasteiger partial charge in [0.2, 0.25) is 5.91 Å². The highest BCUT2D eigenvalue weighted by Gasteiger charge is 2.36. The van der Waals surface area contributed by atoms with E-state index in [-0.39, 0.29) is 11.7 Å². The predicted molar refractivity (Wildman–Crippen MR) is 74.9 cm³/mol. The first-order valence-corrected chi connectivity index (χ1v) is 7.06. The Balaban J connectivity index is 1.62. The van der Waals surface area contributed by atoms with Crippen LogP contribution in [0.5, 0.6) is 5.75 Å². The third-order valence-corrected chi connectivity index (χ3v) is 3.64. The third kappa shape index (κ3) is 3.93. The number of hydrogen-bond donors (Lipinski definition) is 2. The number of carbonyl (C=O) groups excluding carboxylic acids is 1. The van der Waals surface area contributed by atoms with E-state index in [1.54, 1.807) is 12.1 Å². The van der Waals surface area contributed by atoms with Gasteiger partial charge in [-0.2, -0.15) is 0 Å². The van der Waals surface area contributed by atoms with Crippen LogP contribution in [0.4, 0.5) is 4.39 Å². The molecule has 1 amide bonds. The minimum Gasteiger partial charge on any atom is -0.494 e.